The number of nitrogens with one attached hydrogen (secondary N) is 1. The van der Waals surface area contributed by atoms with Gasteiger partial charge in [-0.05, 0) is 85.7 Å². The van der Waals surface area contributed by atoms with Gasteiger partial charge in [0.25, 0.3) is 6.01 Å². The Bertz CT molecular complexity index is 1310. The van der Waals surface area contributed by atoms with Gasteiger partial charge >= 0.3 is 11.7 Å². The first-order valence-electron chi connectivity index (χ1n) is 11.0. The molecule has 0 spiro atoms. The molecule has 0 unspecified atom stereocenters. The van der Waals surface area contributed by atoms with Crippen molar-refractivity contribution in [2.75, 3.05) is 24.3 Å². The predicted molar refractivity (Wildman–Crippen MR) is 144 cm³/mol. The monoisotopic (exact) mass is 592 g/mol. The van der Waals surface area contributed by atoms with Crippen molar-refractivity contribution >= 4 is 57.2 Å². The lowest BCUT2D eigenvalue weighted by Gasteiger charge is -2.34. The van der Waals surface area contributed by atoms with E-state index in [1.165, 1.54) is 9.80 Å². The van der Waals surface area contributed by atoms with Gasteiger partial charge in [0.2, 0.25) is 5.91 Å². The van der Waals surface area contributed by atoms with E-state index < -0.39 is 23.3 Å². The molecule has 186 valence electrons. The lowest BCUT2D eigenvalue weighted by molar-refractivity contribution is -0.129. The van der Waals surface area contributed by atoms with E-state index in [2.05, 4.69) is 32.9 Å². The van der Waals surface area contributed by atoms with Crippen LogP contribution in [-0.4, -0.2) is 52.7 Å². The predicted octanol–water partition coefficient (Wildman–Crippen LogP) is 4.50. The molecule has 3 rings (SSSR count). The van der Waals surface area contributed by atoms with E-state index in [-0.39, 0.29) is 17.3 Å². The summed E-state index contributed by atoms with van der Waals surface area (Å²) in [6.45, 7) is 6.98. The Morgan fingerprint density at radius 1 is 1.14 bits per heavy atom. The molecular formula is C25H29IN4O5. The van der Waals surface area contributed by atoms with Crippen LogP contribution in [0.2, 0.25) is 0 Å². The molecule has 0 radical (unpaired) electrons. The Morgan fingerprint density at radius 3 is 2.31 bits per heavy atom. The number of aryl methyl sites for hydroxylation is 1. The number of aromatic nitrogens is 1. The van der Waals surface area contributed by atoms with Crippen LogP contribution in [0.3, 0.4) is 0 Å². The fraction of sp³-hybridized carbons (Fsp3) is 0.360. The molecule has 35 heavy (non-hydrogen) atoms. The Kier molecular flexibility index (Phi) is 7.73. The molecule has 2 N–H and O–H groups in total. The van der Waals surface area contributed by atoms with Gasteiger partial charge in [-0.25, -0.2) is 9.59 Å². The maximum atomic E-state index is 13.0. The van der Waals surface area contributed by atoms with E-state index in [4.69, 9.17) is 4.42 Å². The zero-order valence-electron chi connectivity index (χ0n) is 20.5. The highest BCUT2D eigenvalue weighted by Gasteiger charge is 2.30. The summed E-state index contributed by atoms with van der Waals surface area (Å²) in [5.41, 5.74) is 0.724. The van der Waals surface area contributed by atoms with Crippen LogP contribution in [0.25, 0.3) is 10.9 Å². The molecule has 2 aromatic carbocycles. The van der Waals surface area contributed by atoms with Gasteiger partial charge in [-0.15, -0.1) is 0 Å². The second-order valence-electron chi connectivity index (χ2n) is 9.46. The number of carbonyl (C=O) groups is 2. The fourth-order valence-corrected chi connectivity index (χ4v) is 4.24. The van der Waals surface area contributed by atoms with Crippen molar-refractivity contribution in [3.63, 3.8) is 0 Å². The summed E-state index contributed by atoms with van der Waals surface area (Å²) in [5.74, 6) is -0.193. The summed E-state index contributed by atoms with van der Waals surface area (Å²) in [6, 6.07) is 10.2. The van der Waals surface area contributed by atoms with Crippen molar-refractivity contribution in [1.29, 1.82) is 0 Å². The molecule has 0 aliphatic heterocycles. The lowest BCUT2D eigenvalue weighted by atomic mass is 10.0. The second-order valence-corrected chi connectivity index (χ2v) is 10.7. The number of benzene rings is 2. The second kappa shape index (κ2) is 10.2. The van der Waals surface area contributed by atoms with E-state index in [0.717, 1.165) is 9.13 Å². The van der Waals surface area contributed by atoms with Gasteiger partial charge in [-0.3, -0.25) is 9.69 Å². The van der Waals surface area contributed by atoms with E-state index in [1.807, 2.05) is 24.3 Å². The minimum Gasteiger partial charge on any atom is -0.465 e. The minimum absolute atomic E-state index is 0.0775. The molecule has 0 fully saturated rings. The normalized spacial score (nSPS) is 12.3. The Balaban J connectivity index is 2.02. The highest BCUT2D eigenvalue weighted by atomic mass is 127. The number of hydrogen-bond donors (Lipinski definition) is 2. The summed E-state index contributed by atoms with van der Waals surface area (Å²) in [7, 11) is 3.31. The summed E-state index contributed by atoms with van der Waals surface area (Å²) >= 11 is 2.21. The molecule has 2 amide bonds. The van der Waals surface area contributed by atoms with Gasteiger partial charge in [0.1, 0.15) is 6.04 Å². The van der Waals surface area contributed by atoms with Crippen LogP contribution in [0.5, 0.6) is 0 Å². The Labute approximate surface area is 217 Å². The van der Waals surface area contributed by atoms with Crippen molar-refractivity contribution in [1.82, 2.24) is 9.88 Å². The largest absolute Gasteiger partial charge is 0.465 e. The number of anilines is 2. The van der Waals surface area contributed by atoms with Crippen molar-refractivity contribution in [2.24, 2.45) is 0 Å². The number of nitrogens with zero attached hydrogens (tertiary/aromatic N) is 3. The summed E-state index contributed by atoms with van der Waals surface area (Å²) in [6.07, 6.45) is -0.759. The fourth-order valence-electron chi connectivity index (χ4n) is 3.88. The molecule has 1 atom stereocenters. The highest BCUT2D eigenvalue weighted by molar-refractivity contribution is 14.1. The number of rotatable bonds is 6. The van der Waals surface area contributed by atoms with Gasteiger partial charge in [-0.1, -0.05) is 12.1 Å². The third-order valence-electron chi connectivity index (χ3n) is 5.52. The average Bonchev–Trinajstić information content (AvgIpc) is 2.74. The standard InChI is InChI=1S/C25H29IN4O5/c1-14-19(30(24(33)34)25(2,3)4)12-11-17-20(14)22(32)35-23(27-17)28-18(21(31)29(5)6)13-15-7-9-16(26)10-8-15/h7-12,18H,13H2,1-6H3,(H,27,28)(H,33,34)/t18-/m0/s1. The number of fused-ring (bicyclic) bond motifs is 1. The smallest absolute Gasteiger partial charge is 0.412 e. The Hall–Kier alpha value is -3.15. The van der Waals surface area contributed by atoms with Crippen LogP contribution in [0.1, 0.15) is 31.9 Å². The zero-order chi connectivity index (χ0) is 26.1. The highest BCUT2D eigenvalue weighted by Crippen LogP contribution is 2.31. The lowest BCUT2D eigenvalue weighted by Crippen LogP contribution is -2.45. The minimum atomic E-state index is -1.13. The number of halogens is 1. The summed E-state index contributed by atoms with van der Waals surface area (Å²) < 4.78 is 6.54. The number of amides is 2. The maximum absolute atomic E-state index is 13.0. The third-order valence-corrected chi connectivity index (χ3v) is 6.24. The SMILES string of the molecule is Cc1c(N(C(=O)O)C(C)(C)C)ccc2nc(N[C@@H](Cc3ccc(I)cc3)C(=O)N(C)C)oc(=O)c12. The van der Waals surface area contributed by atoms with E-state index >= 15 is 0 Å². The van der Waals surface area contributed by atoms with Gasteiger partial charge in [0, 0.05) is 29.6 Å². The molecule has 0 bridgehead atoms. The number of carboxylic acid groups (broad SMARTS) is 1. The number of carbonyl (C=O) groups excluding carboxylic acids is 1. The number of likely N-dealkylation sites (N-methyl/N-ethyl adjacent to an activating group) is 1. The zero-order valence-corrected chi connectivity index (χ0v) is 22.7. The van der Waals surface area contributed by atoms with Gasteiger partial charge in [-0.2, -0.15) is 4.98 Å². The van der Waals surface area contributed by atoms with Crippen molar-refractivity contribution in [2.45, 2.75) is 45.7 Å². The molecule has 1 heterocycles. The van der Waals surface area contributed by atoms with Crippen LogP contribution in [0.4, 0.5) is 16.5 Å². The van der Waals surface area contributed by atoms with Gasteiger partial charge in [0.15, 0.2) is 0 Å². The molecule has 0 saturated heterocycles. The molecule has 0 aliphatic rings. The van der Waals surface area contributed by atoms with Crippen molar-refractivity contribution < 1.29 is 19.1 Å². The molecule has 0 aliphatic carbocycles. The maximum Gasteiger partial charge on any atom is 0.412 e. The molecule has 3 aromatic rings. The first-order chi connectivity index (χ1) is 16.3. The van der Waals surface area contributed by atoms with Crippen molar-refractivity contribution in [3.05, 3.63) is 61.5 Å². The summed E-state index contributed by atoms with van der Waals surface area (Å²) in [4.78, 5) is 44.9. The van der Waals surface area contributed by atoms with E-state index in [9.17, 15) is 19.5 Å². The summed E-state index contributed by atoms with van der Waals surface area (Å²) in [5, 5.41) is 12.9. The topological polar surface area (TPSA) is 116 Å². The molecular weight excluding hydrogens is 563 g/mol. The van der Waals surface area contributed by atoms with Crippen LogP contribution in [-0.2, 0) is 11.2 Å². The van der Waals surface area contributed by atoms with Crippen LogP contribution >= 0.6 is 22.6 Å². The molecule has 9 nitrogen and oxygen atoms in total. The quantitative estimate of drug-likeness (QED) is 0.405. The van der Waals surface area contributed by atoms with E-state index in [0.29, 0.717) is 23.2 Å². The van der Waals surface area contributed by atoms with E-state index in [1.54, 1.807) is 53.9 Å². The van der Waals surface area contributed by atoms with Crippen molar-refractivity contribution in [3.8, 4) is 0 Å². The van der Waals surface area contributed by atoms with Gasteiger partial charge in [0.05, 0.1) is 16.6 Å². The van der Waals surface area contributed by atoms with Gasteiger partial charge < -0.3 is 19.7 Å². The molecule has 0 saturated carbocycles. The third kappa shape index (κ3) is 5.92. The number of hydrogen-bond acceptors (Lipinski definition) is 6. The molecule has 10 heteroatoms. The first-order valence-corrected chi connectivity index (χ1v) is 12.1. The van der Waals surface area contributed by atoms with Crippen LogP contribution in [0.15, 0.2) is 45.6 Å². The Morgan fingerprint density at radius 2 is 1.77 bits per heavy atom. The van der Waals surface area contributed by atoms with Crippen LogP contribution < -0.4 is 15.8 Å². The van der Waals surface area contributed by atoms with Crippen LogP contribution in [0, 0.1) is 10.5 Å². The average molecular weight is 592 g/mol. The molecule has 1 aromatic heterocycles. The first kappa shape index (κ1) is 26.5.